The van der Waals surface area contributed by atoms with E-state index < -0.39 is 11.7 Å². The molecule has 0 bridgehead atoms. The molecule has 0 saturated carbocycles. The largest absolute Gasteiger partial charge is 0.325 e. The van der Waals surface area contributed by atoms with Crippen molar-refractivity contribution in [2.24, 2.45) is 0 Å². The van der Waals surface area contributed by atoms with Crippen LogP contribution in [0.15, 0.2) is 46.8 Å². The molecule has 3 aromatic rings. The highest BCUT2D eigenvalue weighted by atomic mass is 32.2. The highest BCUT2D eigenvalue weighted by molar-refractivity contribution is 8.01. The summed E-state index contributed by atoms with van der Waals surface area (Å²) in [5.74, 6) is -1.22. The third kappa shape index (κ3) is 5.37. The minimum atomic E-state index is -0.609. The number of aromatic nitrogens is 2. The Balaban J connectivity index is 1.54. The number of hydrogen-bond acceptors (Lipinski definition) is 6. The van der Waals surface area contributed by atoms with Crippen molar-refractivity contribution in [2.75, 3.05) is 16.4 Å². The second-order valence-electron chi connectivity index (χ2n) is 6.02. The van der Waals surface area contributed by atoms with E-state index in [1.807, 2.05) is 32.0 Å². The van der Waals surface area contributed by atoms with Gasteiger partial charge < -0.3 is 5.32 Å². The first-order chi connectivity index (χ1) is 13.4. The standard InChI is InChI=1S/C19H17FN4O2S2/c1-11-7-12(2)9-13(8-11)21-16(25)10-27-19-24-23-18(28-19)22-17(26)14-5-3-4-6-15(14)20/h3-9H,10H2,1-2H3,(H,21,25)(H,22,23,26). The highest BCUT2D eigenvalue weighted by Crippen LogP contribution is 2.26. The lowest BCUT2D eigenvalue weighted by atomic mass is 10.1. The van der Waals surface area contributed by atoms with Crippen molar-refractivity contribution in [1.29, 1.82) is 0 Å². The van der Waals surface area contributed by atoms with Gasteiger partial charge in [-0.15, -0.1) is 10.2 Å². The van der Waals surface area contributed by atoms with E-state index in [-0.39, 0.29) is 22.4 Å². The molecule has 2 aromatic carbocycles. The van der Waals surface area contributed by atoms with E-state index in [0.29, 0.717) is 4.34 Å². The number of nitrogens with one attached hydrogen (secondary N) is 2. The molecule has 0 aliphatic carbocycles. The summed E-state index contributed by atoms with van der Waals surface area (Å²) in [4.78, 5) is 24.2. The van der Waals surface area contributed by atoms with Gasteiger partial charge >= 0.3 is 0 Å². The van der Waals surface area contributed by atoms with Crippen LogP contribution in [0.3, 0.4) is 0 Å². The Bertz CT molecular complexity index is 1000. The molecule has 144 valence electrons. The molecule has 0 aliphatic rings. The van der Waals surface area contributed by atoms with E-state index in [1.54, 1.807) is 6.07 Å². The maximum Gasteiger partial charge on any atom is 0.260 e. The number of benzene rings is 2. The predicted octanol–water partition coefficient (Wildman–Crippen LogP) is 4.28. The maximum absolute atomic E-state index is 13.6. The van der Waals surface area contributed by atoms with Gasteiger partial charge in [0.15, 0.2) is 4.34 Å². The first-order valence-corrected chi connectivity index (χ1v) is 10.1. The number of halogens is 1. The number of hydrogen-bond donors (Lipinski definition) is 2. The summed E-state index contributed by atoms with van der Waals surface area (Å²) in [5, 5.41) is 13.4. The van der Waals surface area contributed by atoms with E-state index in [0.717, 1.165) is 28.2 Å². The Labute approximate surface area is 169 Å². The van der Waals surface area contributed by atoms with Crippen molar-refractivity contribution in [2.45, 2.75) is 18.2 Å². The van der Waals surface area contributed by atoms with Crippen LogP contribution in [0.2, 0.25) is 0 Å². The van der Waals surface area contributed by atoms with Crippen LogP contribution in [0.1, 0.15) is 21.5 Å². The Kier molecular flexibility index (Phi) is 6.37. The molecule has 0 spiro atoms. The smallest absolute Gasteiger partial charge is 0.260 e. The minimum Gasteiger partial charge on any atom is -0.325 e. The lowest BCUT2D eigenvalue weighted by Crippen LogP contribution is -2.14. The van der Waals surface area contributed by atoms with Crippen LogP contribution in [0.25, 0.3) is 0 Å². The van der Waals surface area contributed by atoms with Gasteiger partial charge in [0.2, 0.25) is 11.0 Å². The Hall–Kier alpha value is -2.78. The van der Waals surface area contributed by atoms with Crippen molar-refractivity contribution in [3.05, 3.63) is 65.0 Å². The van der Waals surface area contributed by atoms with Crippen molar-refractivity contribution in [3.8, 4) is 0 Å². The van der Waals surface area contributed by atoms with Crippen molar-refractivity contribution in [1.82, 2.24) is 10.2 Å². The van der Waals surface area contributed by atoms with E-state index >= 15 is 0 Å². The third-order valence-corrected chi connectivity index (χ3v) is 5.55. The molecule has 2 N–H and O–H groups in total. The number of anilines is 2. The van der Waals surface area contributed by atoms with Gasteiger partial charge in [-0.3, -0.25) is 14.9 Å². The van der Waals surface area contributed by atoms with E-state index in [9.17, 15) is 14.0 Å². The molecule has 0 saturated heterocycles. The van der Waals surface area contributed by atoms with Crippen LogP contribution in [0.5, 0.6) is 0 Å². The fourth-order valence-corrected chi connectivity index (χ4v) is 4.05. The monoisotopic (exact) mass is 416 g/mol. The molecule has 1 heterocycles. The number of carbonyl (C=O) groups excluding carboxylic acids is 2. The second kappa shape index (κ2) is 8.94. The first-order valence-electron chi connectivity index (χ1n) is 8.31. The second-order valence-corrected chi connectivity index (χ2v) is 8.22. The summed E-state index contributed by atoms with van der Waals surface area (Å²) in [7, 11) is 0. The van der Waals surface area contributed by atoms with E-state index in [1.165, 1.54) is 30.0 Å². The molecule has 0 radical (unpaired) electrons. The topological polar surface area (TPSA) is 84.0 Å². The van der Waals surface area contributed by atoms with Gasteiger partial charge in [0.25, 0.3) is 5.91 Å². The summed E-state index contributed by atoms with van der Waals surface area (Å²) >= 11 is 2.33. The van der Waals surface area contributed by atoms with Gasteiger partial charge in [-0.05, 0) is 49.2 Å². The SMILES string of the molecule is Cc1cc(C)cc(NC(=O)CSc2nnc(NC(=O)c3ccccc3F)s2)c1. The summed E-state index contributed by atoms with van der Waals surface area (Å²) in [6.07, 6.45) is 0. The minimum absolute atomic E-state index is 0.0697. The lowest BCUT2D eigenvalue weighted by Gasteiger charge is -2.06. The van der Waals surface area contributed by atoms with Crippen LogP contribution in [0.4, 0.5) is 15.2 Å². The number of amides is 2. The molecule has 3 rings (SSSR count). The maximum atomic E-state index is 13.6. The molecule has 0 unspecified atom stereocenters. The number of nitrogens with zero attached hydrogens (tertiary/aromatic N) is 2. The zero-order chi connectivity index (χ0) is 20.1. The summed E-state index contributed by atoms with van der Waals surface area (Å²) in [6, 6.07) is 11.5. The summed E-state index contributed by atoms with van der Waals surface area (Å²) in [5.41, 5.74) is 2.82. The van der Waals surface area contributed by atoms with Crippen LogP contribution in [-0.2, 0) is 4.79 Å². The average Bonchev–Trinajstić information content (AvgIpc) is 3.07. The van der Waals surface area contributed by atoms with Gasteiger partial charge in [0.05, 0.1) is 11.3 Å². The number of aryl methyl sites for hydroxylation is 2. The molecule has 0 aliphatic heterocycles. The summed E-state index contributed by atoms with van der Waals surface area (Å²) in [6.45, 7) is 3.94. The zero-order valence-corrected chi connectivity index (χ0v) is 16.8. The van der Waals surface area contributed by atoms with Gasteiger partial charge in [0.1, 0.15) is 5.82 Å². The summed E-state index contributed by atoms with van der Waals surface area (Å²) < 4.78 is 14.2. The average molecular weight is 417 g/mol. The fraction of sp³-hybridized carbons (Fsp3) is 0.158. The van der Waals surface area contributed by atoms with Crippen LogP contribution in [-0.4, -0.2) is 27.8 Å². The zero-order valence-electron chi connectivity index (χ0n) is 15.2. The number of rotatable bonds is 6. The Morgan fingerprint density at radius 2 is 1.79 bits per heavy atom. The van der Waals surface area contributed by atoms with Gasteiger partial charge in [-0.1, -0.05) is 41.3 Å². The highest BCUT2D eigenvalue weighted by Gasteiger charge is 2.14. The Morgan fingerprint density at radius 1 is 1.07 bits per heavy atom. The quantitative estimate of drug-likeness (QED) is 0.463. The van der Waals surface area contributed by atoms with Gasteiger partial charge in [-0.2, -0.15) is 0 Å². The molecule has 0 fully saturated rings. The molecule has 0 atom stereocenters. The first kappa shape index (κ1) is 20.0. The van der Waals surface area contributed by atoms with E-state index in [2.05, 4.69) is 20.8 Å². The van der Waals surface area contributed by atoms with Crippen LogP contribution < -0.4 is 10.6 Å². The molecule has 2 amide bonds. The van der Waals surface area contributed by atoms with Crippen molar-refractivity contribution >= 4 is 45.7 Å². The molecule has 9 heteroatoms. The molecule has 1 aromatic heterocycles. The lowest BCUT2D eigenvalue weighted by molar-refractivity contribution is -0.113. The Morgan fingerprint density at radius 3 is 2.50 bits per heavy atom. The van der Waals surface area contributed by atoms with Crippen molar-refractivity contribution < 1.29 is 14.0 Å². The number of carbonyl (C=O) groups is 2. The fourth-order valence-electron chi connectivity index (χ4n) is 2.50. The van der Waals surface area contributed by atoms with Gasteiger partial charge in [-0.25, -0.2) is 4.39 Å². The van der Waals surface area contributed by atoms with Gasteiger partial charge in [0, 0.05) is 5.69 Å². The van der Waals surface area contributed by atoms with E-state index in [4.69, 9.17) is 0 Å². The molecular formula is C19H17FN4O2S2. The normalized spacial score (nSPS) is 10.5. The molecule has 28 heavy (non-hydrogen) atoms. The molecule has 6 nitrogen and oxygen atoms in total. The third-order valence-electron chi connectivity index (χ3n) is 3.58. The number of thioether (sulfide) groups is 1. The van der Waals surface area contributed by atoms with Crippen LogP contribution in [0, 0.1) is 19.7 Å². The molecular weight excluding hydrogens is 399 g/mol. The predicted molar refractivity (Wildman–Crippen MR) is 110 cm³/mol. The van der Waals surface area contributed by atoms with Crippen molar-refractivity contribution in [3.63, 3.8) is 0 Å². The van der Waals surface area contributed by atoms with Crippen LogP contribution >= 0.6 is 23.1 Å².